The molecule has 2 aliphatic heterocycles. The van der Waals surface area contributed by atoms with Crippen molar-refractivity contribution in [3.8, 4) is 0 Å². The van der Waals surface area contributed by atoms with E-state index in [1.165, 1.54) is 6.08 Å². The zero-order valence-corrected chi connectivity index (χ0v) is 9.98. The van der Waals surface area contributed by atoms with E-state index < -0.39 is 11.7 Å². The van der Waals surface area contributed by atoms with Gasteiger partial charge in [-0.2, -0.15) is 13.2 Å². The maximum atomic E-state index is 12.9. The first-order chi connectivity index (χ1) is 9.05. The Balaban J connectivity index is 2.09. The lowest BCUT2D eigenvalue weighted by atomic mass is 10.0. The third-order valence-corrected chi connectivity index (χ3v) is 3.14. The zero-order valence-electron chi connectivity index (χ0n) is 9.98. The number of rotatable bonds is 1. The summed E-state index contributed by atoms with van der Waals surface area (Å²) in [5.74, 6) is 0.397. The van der Waals surface area contributed by atoms with Crippen LogP contribution < -0.4 is 0 Å². The maximum absolute atomic E-state index is 12.9. The minimum Gasteiger partial charge on any atom is -0.324 e. The Morgan fingerprint density at radius 3 is 2.47 bits per heavy atom. The molecule has 1 aromatic carbocycles. The molecule has 0 unspecified atom stereocenters. The Morgan fingerprint density at radius 2 is 1.79 bits per heavy atom. The molecule has 2 aliphatic rings. The number of alkyl halides is 3. The van der Waals surface area contributed by atoms with Crippen molar-refractivity contribution in [1.29, 1.82) is 0 Å². The molecule has 0 N–H and O–H groups in total. The van der Waals surface area contributed by atoms with Crippen molar-refractivity contribution in [3.63, 3.8) is 0 Å². The summed E-state index contributed by atoms with van der Waals surface area (Å²) < 4.78 is 38.7. The fourth-order valence-corrected chi connectivity index (χ4v) is 2.25. The van der Waals surface area contributed by atoms with E-state index in [1.54, 1.807) is 12.1 Å². The highest BCUT2D eigenvalue weighted by atomic mass is 19.4. The molecule has 0 saturated carbocycles. The number of amidine groups is 1. The minimum atomic E-state index is -4.35. The van der Waals surface area contributed by atoms with Crippen LogP contribution in [0, 0.1) is 0 Å². The second-order valence-electron chi connectivity index (χ2n) is 4.38. The van der Waals surface area contributed by atoms with Gasteiger partial charge >= 0.3 is 6.18 Å². The number of halogens is 3. The summed E-state index contributed by atoms with van der Waals surface area (Å²) >= 11 is 0. The topological polar surface area (TPSA) is 15.6 Å². The van der Waals surface area contributed by atoms with Gasteiger partial charge in [-0.05, 0) is 17.7 Å². The predicted octanol–water partition coefficient (Wildman–Crippen LogP) is 3.24. The highest BCUT2D eigenvalue weighted by Gasteiger charge is 2.37. The van der Waals surface area contributed by atoms with Crippen LogP contribution in [0.15, 0.2) is 53.0 Å². The number of benzene rings is 1. The van der Waals surface area contributed by atoms with Crippen LogP contribution in [0.5, 0.6) is 0 Å². The Bertz CT molecular complexity index is 582. The molecule has 19 heavy (non-hydrogen) atoms. The lowest BCUT2D eigenvalue weighted by molar-refractivity contribution is -0.0882. The maximum Gasteiger partial charge on any atom is 0.416 e. The highest BCUT2D eigenvalue weighted by Crippen LogP contribution is 2.35. The van der Waals surface area contributed by atoms with Crippen LogP contribution >= 0.6 is 0 Å². The van der Waals surface area contributed by atoms with Gasteiger partial charge in [-0.3, -0.25) is 4.99 Å². The summed E-state index contributed by atoms with van der Waals surface area (Å²) in [6.07, 6.45) is -2.05. The zero-order chi connectivity index (χ0) is 13.5. The monoisotopic (exact) mass is 264 g/mol. The van der Waals surface area contributed by atoms with Crippen molar-refractivity contribution >= 4 is 11.5 Å². The van der Waals surface area contributed by atoms with Gasteiger partial charge in [0.05, 0.1) is 17.8 Å². The van der Waals surface area contributed by atoms with E-state index >= 15 is 0 Å². The SMILES string of the molecule is FC(F)(F)C1=CC2=NCCN2C(c2ccccc2)=C1. The van der Waals surface area contributed by atoms with Gasteiger partial charge in [0.2, 0.25) is 0 Å². The van der Waals surface area contributed by atoms with Gasteiger partial charge in [0.15, 0.2) is 0 Å². The molecule has 2 nitrogen and oxygen atoms in total. The minimum absolute atomic E-state index is 0.397. The molecular formula is C14H11F3N2. The van der Waals surface area contributed by atoms with Gasteiger partial charge in [0.25, 0.3) is 0 Å². The molecular weight excluding hydrogens is 253 g/mol. The second kappa shape index (κ2) is 4.26. The standard InChI is InChI=1S/C14H11F3N2/c15-14(16,17)11-8-12(10-4-2-1-3-5-10)19-7-6-18-13(19)9-11/h1-5,8-9H,6-7H2. The summed E-state index contributed by atoms with van der Waals surface area (Å²) in [7, 11) is 0. The summed E-state index contributed by atoms with van der Waals surface area (Å²) in [5, 5.41) is 0. The first kappa shape index (κ1) is 12.0. The number of fused-ring (bicyclic) bond motifs is 1. The number of nitrogens with zero attached hydrogens (tertiary/aromatic N) is 2. The molecule has 0 saturated heterocycles. The average Bonchev–Trinajstić information content (AvgIpc) is 2.85. The van der Waals surface area contributed by atoms with Gasteiger partial charge in [0.1, 0.15) is 5.84 Å². The lowest BCUT2D eigenvalue weighted by Gasteiger charge is -2.27. The number of hydrogen-bond acceptors (Lipinski definition) is 2. The molecule has 0 radical (unpaired) electrons. The summed E-state index contributed by atoms with van der Waals surface area (Å²) in [4.78, 5) is 5.95. The molecule has 0 bridgehead atoms. The first-order valence-electron chi connectivity index (χ1n) is 5.94. The predicted molar refractivity (Wildman–Crippen MR) is 67.6 cm³/mol. The van der Waals surface area contributed by atoms with Crippen molar-refractivity contribution in [2.45, 2.75) is 6.18 Å². The van der Waals surface area contributed by atoms with E-state index in [0.717, 1.165) is 11.6 Å². The van der Waals surface area contributed by atoms with E-state index in [-0.39, 0.29) is 0 Å². The number of hydrogen-bond donors (Lipinski definition) is 0. The molecule has 3 rings (SSSR count). The van der Waals surface area contributed by atoms with E-state index in [1.807, 2.05) is 23.1 Å². The number of aliphatic imine (C=N–C) groups is 1. The summed E-state index contributed by atoms with van der Waals surface area (Å²) in [5.41, 5.74) is 0.682. The lowest BCUT2D eigenvalue weighted by Crippen LogP contribution is -2.30. The summed E-state index contributed by atoms with van der Waals surface area (Å²) in [6.45, 7) is 1.15. The average molecular weight is 264 g/mol. The van der Waals surface area contributed by atoms with E-state index in [0.29, 0.717) is 24.6 Å². The van der Waals surface area contributed by atoms with Crippen LogP contribution in [0.2, 0.25) is 0 Å². The van der Waals surface area contributed by atoms with Gasteiger partial charge in [-0.25, -0.2) is 0 Å². The van der Waals surface area contributed by atoms with Crippen LogP contribution in [0.3, 0.4) is 0 Å². The van der Waals surface area contributed by atoms with Crippen LogP contribution in [-0.2, 0) is 0 Å². The van der Waals surface area contributed by atoms with Crippen molar-refractivity contribution in [3.05, 3.63) is 53.6 Å². The van der Waals surface area contributed by atoms with Crippen molar-refractivity contribution in [1.82, 2.24) is 4.90 Å². The van der Waals surface area contributed by atoms with Crippen LogP contribution in [0.25, 0.3) is 5.70 Å². The second-order valence-corrected chi connectivity index (χ2v) is 4.38. The fourth-order valence-electron chi connectivity index (χ4n) is 2.25. The van der Waals surface area contributed by atoms with Gasteiger partial charge in [-0.15, -0.1) is 0 Å². The molecule has 0 spiro atoms. The summed E-state index contributed by atoms with van der Waals surface area (Å²) in [6, 6.07) is 9.08. The third-order valence-electron chi connectivity index (χ3n) is 3.14. The Labute approximate surface area is 108 Å². The third kappa shape index (κ3) is 2.16. The number of allylic oxidation sites excluding steroid dienone is 2. The van der Waals surface area contributed by atoms with Crippen molar-refractivity contribution in [2.75, 3.05) is 13.1 Å². The Morgan fingerprint density at radius 1 is 1.05 bits per heavy atom. The van der Waals surface area contributed by atoms with Gasteiger partial charge < -0.3 is 4.90 Å². The van der Waals surface area contributed by atoms with E-state index in [2.05, 4.69) is 4.99 Å². The first-order valence-corrected chi connectivity index (χ1v) is 5.94. The van der Waals surface area contributed by atoms with Crippen LogP contribution in [0.4, 0.5) is 13.2 Å². The highest BCUT2D eigenvalue weighted by molar-refractivity contribution is 6.03. The van der Waals surface area contributed by atoms with Crippen LogP contribution in [0.1, 0.15) is 5.56 Å². The van der Waals surface area contributed by atoms with E-state index in [4.69, 9.17) is 0 Å². The molecule has 5 heteroatoms. The molecule has 1 aromatic rings. The quantitative estimate of drug-likeness (QED) is 0.760. The molecule has 0 fully saturated rings. The van der Waals surface area contributed by atoms with Gasteiger partial charge in [0, 0.05) is 6.54 Å². The molecule has 98 valence electrons. The molecule has 0 amide bonds. The molecule has 2 heterocycles. The Kier molecular flexibility index (Phi) is 2.69. The van der Waals surface area contributed by atoms with Crippen molar-refractivity contribution < 1.29 is 13.2 Å². The van der Waals surface area contributed by atoms with Crippen molar-refractivity contribution in [2.24, 2.45) is 4.99 Å². The molecule has 0 atom stereocenters. The van der Waals surface area contributed by atoms with Gasteiger partial charge in [-0.1, -0.05) is 30.3 Å². The van der Waals surface area contributed by atoms with Crippen LogP contribution in [-0.4, -0.2) is 30.0 Å². The fraction of sp³-hybridized carbons (Fsp3) is 0.214. The van der Waals surface area contributed by atoms with E-state index in [9.17, 15) is 13.2 Å². The smallest absolute Gasteiger partial charge is 0.324 e. The largest absolute Gasteiger partial charge is 0.416 e. The molecule has 0 aliphatic carbocycles. The normalized spacial score (nSPS) is 18.7. The Hall–Kier alpha value is -2.04. The molecule has 0 aromatic heterocycles.